The van der Waals surface area contributed by atoms with Gasteiger partial charge in [-0.2, -0.15) is 0 Å². The number of hydrogen-bond acceptors (Lipinski definition) is 4. The number of hydrogen-bond donors (Lipinski definition) is 4. The summed E-state index contributed by atoms with van der Waals surface area (Å²) < 4.78 is 0. The molecule has 3 rings (SSSR count). The summed E-state index contributed by atoms with van der Waals surface area (Å²) in [5, 5.41) is 6.74. The molecule has 0 bridgehead atoms. The number of nitrogens with one attached hydrogen (secondary N) is 4. The zero-order valence-corrected chi connectivity index (χ0v) is 17.0. The van der Waals surface area contributed by atoms with Crippen LogP contribution in [0, 0.1) is 0 Å². The van der Waals surface area contributed by atoms with Crippen LogP contribution in [0.2, 0.25) is 0 Å². The van der Waals surface area contributed by atoms with Gasteiger partial charge in [-0.15, -0.1) is 0 Å². The molecule has 1 aromatic carbocycles. The Bertz CT molecular complexity index is 818. The molecule has 0 aliphatic rings. The first-order valence-electron chi connectivity index (χ1n) is 10.4. The third kappa shape index (κ3) is 6.04. The van der Waals surface area contributed by atoms with Crippen molar-refractivity contribution in [1.82, 2.24) is 30.6 Å². The topological polar surface area (TPSA) is 81.4 Å². The van der Waals surface area contributed by atoms with E-state index in [1.54, 1.807) is 0 Å². The summed E-state index contributed by atoms with van der Waals surface area (Å²) in [5.41, 5.74) is 4.75. The summed E-state index contributed by atoms with van der Waals surface area (Å²) in [4.78, 5) is 15.7. The summed E-state index contributed by atoms with van der Waals surface area (Å²) in [6, 6.07) is 8.73. The first kappa shape index (κ1) is 20.3. The molecule has 0 atom stereocenters. The van der Waals surface area contributed by atoms with Gasteiger partial charge in [0, 0.05) is 11.9 Å². The summed E-state index contributed by atoms with van der Waals surface area (Å²) >= 11 is 0. The van der Waals surface area contributed by atoms with Gasteiger partial charge in [0.25, 0.3) is 0 Å². The average Bonchev–Trinajstić information content (AvgIpc) is 3.37. The molecule has 150 valence electrons. The molecule has 2 heterocycles. The average molecular weight is 381 g/mol. The number of nitrogens with zero attached hydrogens (tertiary/aromatic N) is 2. The fourth-order valence-corrected chi connectivity index (χ4v) is 3.12. The molecule has 3 aromatic rings. The Morgan fingerprint density at radius 1 is 0.786 bits per heavy atom. The summed E-state index contributed by atoms with van der Waals surface area (Å²) in [6.07, 6.45) is 8.10. The standard InChI is InChI=1S/C22H32N6/c1-3-11-23-15-21-25-13-19(27-21)10-7-17-5-8-18(9-6-17)20-14-26-22(28-20)16-24-12-4-2/h5-6,8-9,13-14,23-24H,3-4,7,10-12,15-16H2,1-2H3,(H,25,27)(H,26,28). The largest absolute Gasteiger partial charge is 0.345 e. The Labute approximate surface area is 167 Å². The Hall–Kier alpha value is -2.44. The van der Waals surface area contributed by atoms with Crippen molar-refractivity contribution in [2.45, 2.75) is 52.6 Å². The number of imidazole rings is 2. The predicted molar refractivity (Wildman–Crippen MR) is 114 cm³/mol. The number of H-pyrrole nitrogens is 2. The minimum Gasteiger partial charge on any atom is -0.345 e. The van der Waals surface area contributed by atoms with Crippen molar-refractivity contribution in [2.24, 2.45) is 0 Å². The lowest BCUT2D eigenvalue weighted by Crippen LogP contribution is -2.14. The van der Waals surface area contributed by atoms with Crippen LogP contribution in [0.5, 0.6) is 0 Å². The van der Waals surface area contributed by atoms with Crippen LogP contribution in [0.3, 0.4) is 0 Å². The molecular weight excluding hydrogens is 348 g/mol. The second-order valence-corrected chi connectivity index (χ2v) is 7.15. The van der Waals surface area contributed by atoms with Gasteiger partial charge in [-0.25, -0.2) is 9.97 Å². The van der Waals surface area contributed by atoms with E-state index in [1.807, 2.05) is 12.4 Å². The molecule has 0 radical (unpaired) electrons. The van der Waals surface area contributed by atoms with Crippen molar-refractivity contribution in [2.75, 3.05) is 13.1 Å². The molecule has 0 saturated carbocycles. The third-order valence-electron chi connectivity index (χ3n) is 4.70. The van der Waals surface area contributed by atoms with Crippen molar-refractivity contribution >= 4 is 0 Å². The van der Waals surface area contributed by atoms with Crippen molar-refractivity contribution in [3.8, 4) is 11.3 Å². The smallest absolute Gasteiger partial charge is 0.120 e. The van der Waals surface area contributed by atoms with Crippen molar-refractivity contribution < 1.29 is 0 Å². The molecule has 2 aromatic heterocycles. The number of aromatic nitrogens is 4. The fourth-order valence-electron chi connectivity index (χ4n) is 3.12. The zero-order valence-electron chi connectivity index (χ0n) is 17.0. The summed E-state index contributed by atoms with van der Waals surface area (Å²) in [6.45, 7) is 7.96. The number of rotatable bonds is 12. The van der Waals surface area contributed by atoms with E-state index in [0.29, 0.717) is 0 Å². The highest BCUT2D eigenvalue weighted by Gasteiger charge is 2.05. The molecule has 0 aliphatic heterocycles. The van der Waals surface area contributed by atoms with E-state index < -0.39 is 0 Å². The van der Waals surface area contributed by atoms with Gasteiger partial charge in [-0.1, -0.05) is 38.1 Å². The molecule has 6 nitrogen and oxygen atoms in total. The van der Waals surface area contributed by atoms with Gasteiger partial charge < -0.3 is 20.6 Å². The number of benzene rings is 1. The lowest BCUT2D eigenvalue weighted by Gasteiger charge is -2.03. The number of aromatic amines is 2. The third-order valence-corrected chi connectivity index (χ3v) is 4.70. The van der Waals surface area contributed by atoms with Crippen LogP contribution in [0.4, 0.5) is 0 Å². The first-order chi connectivity index (χ1) is 13.8. The fraction of sp³-hybridized carbons (Fsp3) is 0.455. The Morgan fingerprint density at radius 3 is 2.11 bits per heavy atom. The lowest BCUT2D eigenvalue weighted by atomic mass is 10.1. The predicted octanol–water partition coefficient (Wildman–Crippen LogP) is 3.58. The molecular formula is C22H32N6. The van der Waals surface area contributed by atoms with Crippen molar-refractivity contribution in [1.29, 1.82) is 0 Å². The maximum absolute atomic E-state index is 4.46. The highest BCUT2D eigenvalue weighted by Crippen LogP contribution is 2.18. The monoisotopic (exact) mass is 380 g/mol. The molecule has 0 spiro atoms. The van der Waals surface area contributed by atoms with Crippen LogP contribution < -0.4 is 10.6 Å². The van der Waals surface area contributed by atoms with Crippen molar-refractivity contribution in [3.63, 3.8) is 0 Å². The van der Waals surface area contributed by atoms with E-state index in [4.69, 9.17) is 0 Å². The van der Waals surface area contributed by atoms with Gasteiger partial charge in [0.15, 0.2) is 0 Å². The maximum atomic E-state index is 4.46. The van der Waals surface area contributed by atoms with E-state index in [2.05, 4.69) is 68.7 Å². The second-order valence-electron chi connectivity index (χ2n) is 7.15. The van der Waals surface area contributed by atoms with Crippen LogP contribution >= 0.6 is 0 Å². The normalized spacial score (nSPS) is 11.2. The minimum absolute atomic E-state index is 0.784. The minimum atomic E-state index is 0.784. The van der Waals surface area contributed by atoms with Gasteiger partial charge in [-0.3, -0.25) is 0 Å². The molecule has 0 fully saturated rings. The van der Waals surface area contributed by atoms with Gasteiger partial charge in [0.05, 0.1) is 25.0 Å². The van der Waals surface area contributed by atoms with E-state index >= 15 is 0 Å². The van der Waals surface area contributed by atoms with Gasteiger partial charge in [0.2, 0.25) is 0 Å². The molecule has 28 heavy (non-hydrogen) atoms. The van der Waals surface area contributed by atoms with Crippen LogP contribution in [-0.2, 0) is 25.9 Å². The Morgan fingerprint density at radius 2 is 1.43 bits per heavy atom. The summed E-state index contributed by atoms with van der Waals surface area (Å²) in [5.74, 6) is 2.00. The SMILES string of the molecule is CCCNCc1ncc(CCc2ccc(-c3cnc(CNCCC)[nH]3)cc2)[nH]1. The molecule has 6 heteroatoms. The van der Waals surface area contributed by atoms with Gasteiger partial charge in [-0.05, 0) is 49.9 Å². The quantitative estimate of drug-likeness (QED) is 0.362. The van der Waals surface area contributed by atoms with Gasteiger partial charge in [0.1, 0.15) is 11.6 Å². The van der Waals surface area contributed by atoms with Crippen LogP contribution in [0.1, 0.15) is 49.6 Å². The molecule has 0 aliphatic carbocycles. The van der Waals surface area contributed by atoms with E-state index in [0.717, 1.165) is 69.2 Å². The first-order valence-corrected chi connectivity index (χ1v) is 10.4. The Kier molecular flexibility index (Phi) is 7.82. The van der Waals surface area contributed by atoms with Crippen LogP contribution in [-0.4, -0.2) is 33.0 Å². The molecule has 4 N–H and O–H groups in total. The second kappa shape index (κ2) is 10.8. The van der Waals surface area contributed by atoms with Crippen LogP contribution in [0.25, 0.3) is 11.3 Å². The zero-order chi connectivity index (χ0) is 19.6. The maximum Gasteiger partial charge on any atom is 0.120 e. The molecule has 0 saturated heterocycles. The molecule has 0 amide bonds. The Balaban J connectivity index is 1.49. The summed E-state index contributed by atoms with van der Waals surface area (Å²) in [7, 11) is 0. The van der Waals surface area contributed by atoms with Crippen molar-refractivity contribution in [3.05, 3.63) is 59.6 Å². The van der Waals surface area contributed by atoms with Gasteiger partial charge >= 0.3 is 0 Å². The highest BCUT2D eigenvalue weighted by molar-refractivity contribution is 5.58. The highest BCUT2D eigenvalue weighted by atomic mass is 15.0. The van der Waals surface area contributed by atoms with E-state index in [-0.39, 0.29) is 0 Å². The van der Waals surface area contributed by atoms with E-state index in [1.165, 1.54) is 16.8 Å². The van der Waals surface area contributed by atoms with Crippen LogP contribution in [0.15, 0.2) is 36.7 Å². The lowest BCUT2D eigenvalue weighted by molar-refractivity contribution is 0.654. The van der Waals surface area contributed by atoms with E-state index in [9.17, 15) is 0 Å². The molecule has 0 unspecified atom stereocenters. The number of aryl methyl sites for hydroxylation is 2.